The Morgan fingerprint density at radius 1 is 1.26 bits per heavy atom. The Morgan fingerprint density at radius 2 is 2.05 bits per heavy atom. The summed E-state index contributed by atoms with van der Waals surface area (Å²) in [6.45, 7) is 0. The van der Waals surface area contributed by atoms with Crippen molar-refractivity contribution >= 4 is 17.4 Å². The van der Waals surface area contributed by atoms with Crippen molar-refractivity contribution in [1.82, 2.24) is 9.97 Å². The third-order valence-electron chi connectivity index (χ3n) is 2.80. The van der Waals surface area contributed by atoms with E-state index in [0.717, 1.165) is 12.8 Å². The summed E-state index contributed by atoms with van der Waals surface area (Å²) in [6, 6.07) is 5.65. The summed E-state index contributed by atoms with van der Waals surface area (Å²) < 4.78 is 18.6. The molecule has 19 heavy (non-hydrogen) atoms. The van der Waals surface area contributed by atoms with Gasteiger partial charge in [-0.2, -0.15) is 4.98 Å². The van der Waals surface area contributed by atoms with Gasteiger partial charge in [0, 0.05) is 18.1 Å². The lowest BCUT2D eigenvalue weighted by Gasteiger charge is -2.07. The number of nitrogens with two attached hydrogens (primary N) is 1. The summed E-state index contributed by atoms with van der Waals surface area (Å²) in [7, 11) is 0. The van der Waals surface area contributed by atoms with E-state index in [1.165, 1.54) is 24.3 Å². The summed E-state index contributed by atoms with van der Waals surface area (Å²) in [6.07, 6.45) is 2.15. The maximum absolute atomic E-state index is 13.0. The van der Waals surface area contributed by atoms with Gasteiger partial charge in [0.15, 0.2) is 0 Å². The number of rotatable bonds is 3. The van der Waals surface area contributed by atoms with Gasteiger partial charge >= 0.3 is 0 Å². The fraction of sp³-hybridized carbons (Fsp3) is 0.231. The first-order valence-electron chi connectivity index (χ1n) is 5.89. The van der Waals surface area contributed by atoms with Crippen LogP contribution < -0.4 is 10.5 Å². The van der Waals surface area contributed by atoms with Crippen molar-refractivity contribution in [2.75, 3.05) is 5.73 Å². The Kier molecular flexibility index (Phi) is 2.98. The van der Waals surface area contributed by atoms with E-state index < -0.39 is 5.82 Å². The fourth-order valence-electron chi connectivity index (χ4n) is 1.70. The standard InChI is InChI=1S/C13H11ClFN3O/c14-9-5-8(3-4-10(9)15)19-12-6-11(16)17-13(18-12)7-1-2-7/h3-7H,1-2H2,(H2,16,17,18). The molecule has 0 saturated heterocycles. The largest absolute Gasteiger partial charge is 0.439 e. The number of benzene rings is 1. The van der Waals surface area contributed by atoms with Crippen LogP contribution in [0, 0.1) is 5.82 Å². The van der Waals surface area contributed by atoms with Crippen molar-refractivity contribution in [2.45, 2.75) is 18.8 Å². The van der Waals surface area contributed by atoms with Crippen LogP contribution >= 0.6 is 11.6 Å². The summed E-state index contributed by atoms with van der Waals surface area (Å²) in [5, 5.41) is 0.00180. The van der Waals surface area contributed by atoms with Crippen molar-refractivity contribution in [3.8, 4) is 11.6 Å². The van der Waals surface area contributed by atoms with Gasteiger partial charge in [0.25, 0.3) is 0 Å². The summed E-state index contributed by atoms with van der Waals surface area (Å²) >= 11 is 5.69. The molecule has 1 aromatic carbocycles. The van der Waals surface area contributed by atoms with Crippen LogP contribution in [0.1, 0.15) is 24.6 Å². The van der Waals surface area contributed by atoms with E-state index in [-0.39, 0.29) is 5.02 Å². The van der Waals surface area contributed by atoms with E-state index in [0.29, 0.717) is 29.2 Å². The third kappa shape index (κ3) is 2.76. The molecule has 0 radical (unpaired) electrons. The van der Waals surface area contributed by atoms with Crippen molar-refractivity contribution in [3.63, 3.8) is 0 Å². The molecule has 0 spiro atoms. The molecule has 0 atom stereocenters. The van der Waals surface area contributed by atoms with Gasteiger partial charge in [-0.3, -0.25) is 0 Å². The minimum absolute atomic E-state index is 0.00180. The van der Waals surface area contributed by atoms with Crippen LogP contribution in [0.2, 0.25) is 5.02 Å². The molecule has 6 heteroatoms. The molecule has 2 aromatic rings. The zero-order valence-electron chi connectivity index (χ0n) is 9.94. The minimum atomic E-state index is -0.491. The molecular weight excluding hydrogens is 269 g/mol. The number of halogens is 2. The zero-order valence-corrected chi connectivity index (χ0v) is 10.7. The normalized spacial score (nSPS) is 14.4. The number of nitrogens with zero attached hydrogens (tertiary/aromatic N) is 2. The third-order valence-corrected chi connectivity index (χ3v) is 3.09. The highest BCUT2D eigenvalue weighted by Crippen LogP contribution is 2.39. The molecule has 1 heterocycles. The zero-order chi connectivity index (χ0) is 13.4. The van der Waals surface area contributed by atoms with Gasteiger partial charge in [-0.25, -0.2) is 9.37 Å². The first-order chi connectivity index (χ1) is 9.11. The van der Waals surface area contributed by atoms with Gasteiger partial charge in [-0.15, -0.1) is 0 Å². The minimum Gasteiger partial charge on any atom is -0.439 e. The molecule has 4 nitrogen and oxygen atoms in total. The van der Waals surface area contributed by atoms with E-state index >= 15 is 0 Å². The Hall–Kier alpha value is -1.88. The van der Waals surface area contributed by atoms with Crippen LogP contribution in [-0.2, 0) is 0 Å². The van der Waals surface area contributed by atoms with E-state index in [4.69, 9.17) is 22.1 Å². The molecule has 0 aliphatic heterocycles. The molecule has 0 unspecified atom stereocenters. The van der Waals surface area contributed by atoms with Crippen LogP contribution in [0.3, 0.4) is 0 Å². The first kappa shape index (κ1) is 12.2. The van der Waals surface area contributed by atoms with Crippen molar-refractivity contribution in [3.05, 3.63) is 40.9 Å². The molecule has 1 aliphatic carbocycles. The van der Waals surface area contributed by atoms with Crippen LogP contribution in [-0.4, -0.2) is 9.97 Å². The van der Waals surface area contributed by atoms with Crippen molar-refractivity contribution in [1.29, 1.82) is 0 Å². The Bertz CT molecular complexity index is 631. The van der Waals surface area contributed by atoms with E-state index in [9.17, 15) is 4.39 Å². The number of aromatic nitrogens is 2. The van der Waals surface area contributed by atoms with Gasteiger partial charge in [0.05, 0.1) is 5.02 Å². The Morgan fingerprint density at radius 3 is 2.74 bits per heavy atom. The van der Waals surface area contributed by atoms with E-state index in [1.54, 1.807) is 0 Å². The summed E-state index contributed by atoms with van der Waals surface area (Å²) in [5.41, 5.74) is 5.72. The summed E-state index contributed by atoms with van der Waals surface area (Å²) in [5.74, 6) is 1.70. The lowest BCUT2D eigenvalue weighted by atomic mass is 10.3. The van der Waals surface area contributed by atoms with Gasteiger partial charge in [-0.1, -0.05) is 11.6 Å². The SMILES string of the molecule is Nc1cc(Oc2ccc(F)c(Cl)c2)nc(C2CC2)n1. The molecule has 0 bridgehead atoms. The maximum Gasteiger partial charge on any atom is 0.224 e. The topological polar surface area (TPSA) is 61.0 Å². The molecule has 1 aliphatic rings. The van der Waals surface area contributed by atoms with Crippen LogP contribution in [0.4, 0.5) is 10.2 Å². The average Bonchev–Trinajstić information content (AvgIpc) is 3.17. The smallest absolute Gasteiger partial charge is 0.224 e. The predicted octanol–water partition coefficient (Wildman–Crippen LogP) is 3.52. The van der Waals surface area contributed by atoms with Gasteiger partial charge in [0.2, 0.25) is 5.88 Å². The van der Waals surface area contributed by atoms with E-state index in [1.807, 2.05) is 0 Å². The molecule has 1 fully saturated rings. The average molecular weight is 280 g/mol. The number of nitrogen functional groups attached to an aromatic ring is 1. The van der Waals surface area contributed by atoms with Gasteiger partial charge in [-0.05, 0) is 25.0 Å². The lowest BCUT2D eigenvalue weighted by Crippen LogP contribution is -2.00. The number of hydrogen-bond donors (Lipinski definition) is 1. The molecule has 98 valence electrons. The lowest BCUT2D eigenvalue weighted by molar-refractivity contribution is 0.457. The highest BCUT2D eigenvalue weighted by molar-refractivity contribution is 6.30. The molecular formula is C13H11ClFN3O. The second-order valence-corrected chi connectivity index (χ2v) is 4.85. The van der Waals surface area contributed by atoms with Crippen molar-refractivity contribution < 1.29 is 9.13 Å². The van der Waals surface area contributed by atoms with Crippen LogP contribution in [0.15, 0.2) is 24.3 Å². The Balaban J connectivity index is 1.87. The maximum atomic E-state index is 13.0. The van der Waals surface area contributed by atoms with Crippen LogP contribution in [0.5, 0.6) is 11.6 Å². The Labute approximate surface area is 114 Å². The number of ether oxygens (including phenoxy) is 1. The number of anilines is 1. The second kappa shape index (κ2) is 4.66. The van der Waals surface area contributed by atoms with Crippen molar-refractivity contribution in [2.24, 2.45) is 0 Å². The second-order valence-electron chi connectivity index (χ2n) is 4.44. The fourth-order valence-corrected chi connectivity index (χ4v) is 1.87. The molecule has 3 rings (SSSR count). The quantitative estimate of drug-likeness (QED) is 0.934. The van der Waals surface area contributed by atoms with Gasteiger partial charge in [0.1, 0.15) is 23.2 Å². The first-order valence-corrected chi connectivity index (χ1v) is 6.27. The molecule has 1 aromatic heterocycles. The van der Waals surface area contributed by atoms with E-state index in [2.05, 4.69) is 9.97 Å². The van der Waals surface area contributed by atoms with Gasteiger partial charge < -0.3 is 10.5 Å². The monoisotopic (exact) mass is 279 g/mol. The predicted molar refractivity (Wildman–Crippen MR) is 69.9 cm³/mol. The summed E-state index contributed by atoms with van der Waals surface area (Å²) in [4.78, 5) is 8.46. The molecule has 0 amide bonds. The highest BCUT2D eigenvalue weighted by atomic mass is 35.5. The number of hydrogen-bond acceptors (Lipinski definition) is 4. The highest BCUT2D eigenvalue weighted by Gasteiger charge is 2.27. The molecule has 2 N–H and O–H groups in total. The van der Waals surface area contributed by atoms with Crippen LogP contribution in [0.25, 0.3) is 0 Å². The molecule has 1 saturated carbocycles.